The monoisotopic (exact) mass is 351 g/mol. The molecule has 2 aromatic rings. The van der Waals surface area contributed by atoms with Crippen LogP contribution in [-0.2, 0) is 10.0 Å². The summed E-state index contributed by atoms with van der Waals surface area (Å²) in [7, 11) is -2.05. The van der Waals surface area contributed by atoms with Gasteiger partial charge in [0.2, 0.25) is 0 Å². The van der Waals surface area contributed by atoms with Gasteiger partial charge in [-0.15, -0.1) is 11.3 Å². The van der Waals surface area contributed by atoms with Crippen molar-refractivity contribution in [2.75, 3.05) is 13.7 Å². The topological polar surface area (TPSA) is 63.7 Å². The van der Waals surface area contributed by atoms with Gasteiger partial charge < -0.3 is 4.74 Å². The highest BCUT2D eigenvalue weighted by Gasteiger charge is 2.40. The molecule has 0 amide bonds. The maximum absolute atomic E-state index is 12.7. The van der Waals surface area contributed by atoms with Crippen LogP contribution in [0.2, 0.25) is 0 Å². The van der Waals surface area contributed by atoms with Gasteiger partial charge in [0.05, 0.1) is 13.2 Å². The number of ketones is 1. The Morgan fingerprint density at radius 3 is 2.61 bits per heavy atom. The number of rotatable bonds is 5. The SMILES string of the molecule is COc1ccc(C(=O)C2CCCN2S(=O)(=O)c2cccs2)cc1. The lowest BCUT2D eigenvalue weighted by Crippen LogP contribution is -2.40. The number of ether oxygens (including phenoxy) is 1. The van der Waals surface area contributed by atoms with Crippen molar-refractivity contribution in [3.8, 4) is 5.75 Å². The summed E-state index contributed by atoms with van der Waals surface area (Å²) in [5.74, 6) is 0.501. The molecule has 0 spiro atoms. The summed E-state index contributed by atoms with van der Waals surface area (Å²) in [5, 5.41) is 1.73. The van der Waals surface area contributed by atoms with E-state index in [-0.39, 0.29) is 9.99 Å². The molecule has 0 bridgehead atoms. The van der Waals surface area contributed by atoms with E-state index in [9.17, 15) is 13.2 Å². The minimum atomic E-state index is -3.60. The first-order valence-corrected chi connectivity index (χ1v) is 9.59. The number of methoxy groups -OCH3 is 1. The molecule has 0 N–H and O–H groups in total. The molecule has 1 aliphatic heterocycles. The van der Waals surface area contributed by atoms with Gasteiger partial charge in [-0.1, -0.05) is 6.07 Å². The lowest BCUT2D eigenvalue weighted by molar-refractivity contribution is 0.0918. The van der Waals surface area contributed by atoms with Gasteiger partial charge in [-0.2, -0.15) is 4.31 Å². The molecule has 0 radical (unpaired) electrons. The fourth-order valence-electron chi connectivity index (χ4n) is 2.76. The molecule has 1 unspecified atom stereocenters. The van der Waals surface area contributed by atoms with Crippen LogP contribution in [0.5, 0.6) is 5.75 Å². The molecule has 1 aliphatic rings. The molecule has 5 nitrogen and oxygen atoms in total. The predicted molar refractivity (Wildman–Crippen MR) is 88.6 cm³/mol. The predicted octanol–water partition coefficient (Wildman–Crippen LogP) is 2.79. The minimum Gasteiger partial charge on any atom is -0.497 e. The van der Waals surface area contributed by atoms with Gasteiger partial charge in [0.1, 0.15) is 9.96 Å². The number of carbonyl (C=O) groups is 1. The molecule has 1 fully saturated rings. The number of thiophene rings is 1. The first-order chi connectivity index (χ1) is 11.0. The first kappa shape index (κ1) is 16.2. The van der Waals surface area contributed by atoms with Gasteiger partial charge in [-0.3, -0.25) is 4.79 Å². The molecule has 23 heavy (non-hydrogen) atoms. The smallest absolute Gasteiger partial charge is 0.253 e. The molecule has 1 saturated heterocycles. The van der Waals surface area contributed by atoms with Crippen molar-refractivity contribution >= 4 is 27.1 Å². The van der Waals surface area contributed by atoms with Crippen molar-refractivity contribution in [3.63, 3.8) is 0 Å². The molecule has 1 aromatic heterocycles. The van der Waals surface area contributed by atoms with E-state index in [1.54, 1.807) is 48.9 Å². The highest BCUT2D eigenvalue weighted by Crippen LogP contribution is 2.30. The number of hydrogen-bond donors (Lipinski definition) is 0. The molecule has 1 aromatic carbocycles. The van der Waals surface area contributed by atoms with Crippen LogP contribution in [0.25, 0.3) is 0 Å². The number of Topliss-reactive ketones (excluding diaryl/α,β-unsaturated/α-hetero) is 1. The van der Waals surface area contributed by atoms with Crippen LogP contribution in [0.15, 0.2) is 46.0 Å². The number of nitrogens with zero attached hydrogens (tertiary/aromatic N) is 1. The third-order valence-corrected chi connectivity index (χ3v) is 7.22. The zero-order chi connectivity index (χ0) is 16.4. The van der Waals surface area contributed by atoms with Gasteiger partial charge in [0.25, 0.3) is 10.0 Å². The molecule has 3 rings (SSSR count). The Labute approximate surface area is 139 Å². The first-order valence-electron chi connectivity index (χ1n) is 7.27. The summed E-state index contributed by atoms with van der Waals surface area (Å²) in [6.07, 6.45) is 1.24. The number of carbonyl (C=O) groups excluding carboxylic acids is 1. The van der Waals surface area contributed by atoms with Crippen molar-refractivity contribution in [3.05, 3.63) is 47.3 Å². The maximum Gasteiger partial charge on any atom is 0.253 e. The highest BCUT2D eigenvalue weighted by molar-refractivity contribution is 7.91. The van der Waals surface area contributed by atoms with Gasteiger partial charge >= 0.3 is 0 Å². The Hall–Kier alpha value is -1.70. The second kappa shape index (κ2) is 6.43. The average molecular weight is 351 g/mol. The number of hydrogen-bond acceptors (Lipinski definition) is 5. The molecule has 0 saturated carbocycles. The molecular formula is C16H17NO4S2. The standard InChI is InChI=1S/C16H17NO4S2/c1-21-13-8-6-12(7-9-13)16(18)14-4-2-10-17(14)23(19,20)15-5-3-11-22-15/h3,5-9,11,14H,2,4,10H2,1H3. The summed E-state index contributed by atoms with van der Waals surface area (Å²) in [6, 6.07) is 9.42. The second-order valence-electron chi connectivity index (χ2n) is 5.30. The van der Waals surface area contributed by atoms with E-state index in [1.807, 2.05) is 0 Å². The molecule has 0 aliphatic carbocycles. The lowest BCUT2D eigenvalue weighted by atomic mass is 10.0. The van der Waals surface area contributed by atoms with Crippen LogP contribution in [0.4, 0.5) is 0 Å². The molecular weight excluding hydrogens is 334 g/mol. The quantitative estimate of drug-likeness (QED) is 0.777. The summed E-state index contributed by atoms with van der Waals surface area (Å²) in [6.45, 7) is 0.382. The Morgan fingerprint density at radius 2 is 2.00 bits per heavy atom. The minimum absolute atomic E-state index is 0.162. The van der Waals surface area contributed by atoms with Crippen LogP contribution in [0, 0.1) is 0 Å². The zero-order valence-electron chi connectivity index (χ0n) is 12.6. The largest absolute Gasteiger partial charge is 0.497 e. The number of sulfonamides is 1. The summed E-state index contributed by atoms with van der Waals surface area (Å²) < 4.78 is 32.1. The van der Waals surface area contributed by atoms with Crippen molar-refractivity contribution in [2.45, 2.75) is 23.1 Å². The van der Waals surface area contributed by atoms with Crippen molar-refractivity contribution in [1.29, 1.82) is 0 Å². The third-order valence-electron chi connectivity index (χ3n) is 3.94. The van der Waals surface area contributed by atoms with Crippen LogP contribution in [-0.4, -0.2) is 38.2 Å². The van der Waals surface area contributed by atoms with E-state index in [0.717, 1.165) is 0 Å². The molecule has 2 heterocycles. The zero-order valence-corrected chi connectivity index (χ0v) is 14.3. The summed E-state index contributed by atoms with van der Waals surface area (Å²) >= 11 is 1.17. The van der Waals surface area contributed by atoms with Gasteiger partial charge in [0, 0.05) is 12.1 Å². The normalized spacial score (nSPS) is 18.9. The fourth-order valence-corrected chi connectivity index (χ4v) is 5.54. The maximum atomic E-state index is 12.7. The Kier molecular flexibility index (Phi) is 4.52. The fraction of sp³-hybridized carbons (Fsp3) is 0.312. The molecule has 1 atom stereocenters. The van der Waals surface area contributed by atoms with E-state index < -0.39 is 16.1 Å². The van der Waals surface area contributed by atoms with E-state index >= 15 is 0 Å². The summed E-state index contributed by atoms with van der Waals surface area (Å²) in [5.41, 5.74) is 0.504. The van der Waals surface area contributed by atoms with E-state index in [4.69, 9.17) is 4.74 Å². The van der Waals surface area contributed by atoms with E-state index in [2.05, 4.69) is 0 Å². The molecule has 7 heteroatoms. The van der Waals surface area contributed by atoms with Gasteiger partial charge in [0.15, 0.2) is 5.78 Å². The Balaban J connectivity index is 1.87. The van der Waals surface area contributed by atoms with Gasteiger partial charge in [-0.05, 0) is 48.6 Å². The van der Waals surface area contributed by atoms with E-state index in [0.29, 0.717) is 30.7 Å². The average Bonchev–Trinajstić information content (AvgIpc) is 3.25. The Morgan fingerprint density at radius 1 is 1.26 bits per heavy atom. The third kappa shape index (κ3) is 3.04. The van der Waals surface area contributed by atoms with Crippen molar-refractivity contribution in [2.24, 2.45) is 0 Å². The lowest BCUT2D eigenvalue weighted by Gasteiger charge is -2.22. The van der Waals surface area contributed by atoms with Crippen LogP contribution < -0.4 is 4.74 Å². The second-order valence-corrected chi connectivity index (χ2v) is 8.36. The van der Waals surface area contributed by atoms with Crippen molar-refractivity contribution < 1.29 is 17.9 Å². The summed E-state index contributed by atoms with van der Waals surface area (Å²) in [4.78, 5) is 12.7. The van der Waals surface area contributed by atoms with Crippen LogP contribution >= 0.6 is 11.3 Å². The van der Waals surface area contributed by atoms with E-state index in [1.165, 1.54) is 15.6 Å². The molecule has 122 valence electrons. The van der Waals surface area contributed by atoms with Gasteiger partial charge in [-0.25, -0.2) is 8.42 Å². The number of benzene rings is 1. The highest BCUT2D eigenvalue weighted by atomic mass is 32.2. The van der Waals surface area contributed by atoms with Crippen molar-refractivity contribution in [1.82, 2.24) is 4.31 Å². The van der Waals surface area contributed by atoms with Crippen LogP contribution in [0.1, 0.15) is 23.2 Å². The van der Waals surface area contributed by atoms with Crippen LogP contribution in [0.3, 0.4) is 0 Å². The Bertz CT molecular complexity index is 782.